The molecule has 0 saturated heterocycles. The fourth-order valence-electron chi connectivity index (χ4n) is 2.39. The van der Waals surface area contributed by atoms with E-state index in [1.807, 2.05) is 39.0 Å². The zero-order chi connectivity index (χ0) is 16.9. The number of aromatic nitrogens is 3. The summed E-state index contributed by atoms with van der Waals surface area (Å²) in [5.41, 5.74) is 1.26. The quantitative estimate of drug-likeness (QED) is 0.818. The minimum atomic E-state index is -0.145. The molecule has 0 aliphatic rings. The summed E-state index contributed by atoms with van der Waals surface area (Å²) < 4.78 is 1.70. The first-order chi connectivity index (χ1) is 11.0. The van der Waals surface area contributed by atoms with Crippen LogP contribution in [0.3, 0.4) is 0 Å². The highest BCUT2D eigenvalue weighted by molar-refractivity contribution is 5.95. The third-order valence-corrected chi connectivity index (χ3v) is 3.83. The van der Waals surface area contributed by atoms with Crippen molar-refractivity contribution in [2.24, 2.45) is 5.41 Å². The van der Waals surface area contributed by atoms with Gasteiger partial charge in [-0.1, -0.05) is 26.8 Å². The fourth-order valence-corrected chi connectivity index (χ4v) is 2.39. The lowest BCUT2D eigenvalue weighted by atomic mass is 9.89. The Kier molecular flexibility index (Phi) is 5.50. The molecular weight excluding hydrogens is 292 g/mol. The summed E-state index contributed by atoms with van der Waals surface area (Å²) in [6, 6.07) is 5.59. The molecule has 124 valence electrons. The van der Waals surface area contributed by atoms with Gasteiger partial charge in [0.25, 0.3) is 5.91 Å². The molecule has 0 aliphatic heterocycles. The minimum absolute atomic E-state index is 0.112. The third kappa shape index (κ3) is 4.16. The Bertz CT molecular complexity index is 650. The van der Waals surface area contributed by atoms with Crippen molar-refractivity contribution in [1.29, 1.82) is 0 Å². The number of carbonyl (C=O) groups is 1. The van der Waals surface area contributed by atoms with E-state index in [1.54, 1.807) is 17.1 Å². The maximum absolute atomic E-state index is 12.5. The summed E-state index contributed by atoms with van der Waals surface area (Å²) in [4.78, 5) is 16.8. The van der Waals surface area contributed by atoms with Gasteiger partial charge in [-0.3, -0.25) is 4.79 Å². The fraction of sp³-hybridized carbons (Fsp3) is 0.471. The van der Waals surface area contributed by atoms with Gasteiger partial charge in [0.05, 0.1) is 17.5 Å². The molecule has 23 heavy (non-hydrogen) atoms. The Balaban J connectivity index is 2.17. The van der Waals surface area contributed by atoms with Crippen LogP contribution in [0, 0.1) is 5.41 Å². The number of aliphatic hydroxyl groups excluding tert-OH is 1. The lowest BCUT2D eigenvalue weighted by Gasteiger charge is -2.23. The van der Waals surface area contributed by atoms with Gasteiger partial charge >= 0.3 is 0 Å². The highest BCUT2D eigenvalue weighted by Crippen LogP contribution is 2.19. The van der Waals surface area contributed by atoms with Gasteiger partial charge in [-0.05, 0) is 30.4 Å². The van der Waals surface area contributed by atoms with E-state index in [9.17, 15) is 4.79 Å². The molecule has 6 nitrogen and oxygen atoms in total. The molecule has 0 bridgehead atoms. The van der Waals surface area contributed by atoms with E-state index in [2.05, 4.69) is 15.4 Å². The Morgan fingerprint density at radius 2 is 2.17 bits per heavy atom. The van der Waals surface area contributed by atoms with Crippen LogP contribution in [-0.2, 0) is 6.42 Å². The zero-order valence-corrected chi connectivity index (χ0v) is 13.9. The van der Waals surface area contributed by atoms with Gasteiger partial charge < -0.3 is 10.4 Å². The van der Waals surface area contributed by atoms with E-state index in [-0.39, 0.29) is 17.9 Å². The molecule has 2 N–H and O–H groups in total. The lowest BCUT2D eigenvalue weighted by molar-refractivity contribution is 0.0927. The minimum Gasteiger partial charge on any atom is -0.396 e. The largest absolute Gasteiger partial charge is 0.396 e. The predicted octanol–water partition coefficient (Wildman–Crippen LogP) is 1.97. The topological polar surface area (TPSA) is 80.0 Å². The van der Waals surface area contributed by atoms with Crippen LogP contribution in [-0.4, -0.2) is 38.9 Å². The molecule has 0 saturated carbocycles. The number of carbonyl (C=O) groups excluding carboxylic acids is 1. The molecule has 1 amide bonds. The molecule has 0 radical (unpaired) electrons. The number of amides is 1. The van der Waals surface area contributed by atoms with E-state index in [1.165, 1.54) is 0 Å². The van der Waals surface area contributed by atoms with Crippen molar-refractivity contribution in [2.45, 2.75) is 33.6 Å². The summed E-state index contributed by atoms with van der Waals surface area (Å²) >= 11 is 0. The second-order valence-corrected chi connectivity index (χ2v) is 6.28. The monoisotopic (exact) mass is 316 g/mol. The van der Waals surface area contributed by atoms with Crippen LogP contribution in [0.25, 0.3) is 5.82 Å². The first kappa shape index (κ1) is 17.1. The van der Waals surface area contributed by atoms with Crippen LogP contribution in [0.2, 0.25) is 0 Å². The number of rotatable bonds is 7. The third-order valence-electron chi connectivity index (χ3n) is 3.83. The first-order valence-corrected chi connectivity index (χ1v) is 7.86. The smallest absolute Gasteiger partial charge is 0.254 e. The molecular formula is C17H24N4O2. The molecule has 0 fully saturated rings. The highest BCUT2D eigenvalue weighted by atomic mass is 16.3. The number of nitrogens with zero attached hydrogens (tertiary/aromatic N) is 3. The molecule has 2 rings (SSSR count). The highest BCUT2D eigenvalue weighted by Gasteiger charge is 2.21. The number of hydrogen-bond donors (Lipinski definition) is 2. The Morgan fingerprint density at radius 3 is 2.78 bits per heavy atom. The van der Waals surface area contributed by atoms with Crippen molar-refractivity contribution in [2.75, 3.05) is 13.2 Å². The van der Waals surface area contributed by atoms with Gasteiger partial charge in [-0.15, -0.1) is 0 Å². The molecule has 0 aromatic carbocycles. The summed E-state index contributed by atoms with van der Waals surface area (Å²) in [5, 5.41) is 16.3. The Labute approximate surface area is 136 Å². The molecule has 0 aliphatic carbocycles. The molecule has 0 spiro atoms. The van der Waals surface area contributed by atoms with Crippen LogP contribution in [0.1, 0.15) is 43.2 Å². The van der Waals surface area contributed by atoms with Crippen molar-refractivity contribution < 1.29 is 9.90 Å². The molecule has 2 aromatic rings. The van der Waals surface area contributed by atoms with Crippen molar-refractivity contribution in [3.63, 3.8) is 0 Å². The molecule has 0 atom stereocenters. The average Bonchev–Trinajstić information content (AvgIpc) is 2.97. The van der Waals surface area contributed by atoms with Gasteiger partial charge in [0.2, 0.25) is 0 Å². The van der Waals surface area contributed by atoms with E-state index >= 15 is 0 Å². The average molecular weight is 316 g/mol. The van der Waals surface area contributed by atoms with Gasteiger partial charge in [0, 0.05) is 19.3 Å². The van der Waals surface area contributed by atoms with Gasteiger partial charge in [-0.2, -0.15) is 5.10 Å². The van der Waals surface area contributed by atoms with Crippen molar-refractivity contribution in [1.82, 2.24) is 20.1 Å². The van der Waals surface area contributed by atoms with E-state index in [0.29, 0.717) is 30.8 Å². The van der Waals surface area contributed by atoms with Crippen LogP contribution in [0.15, 0.2) is 30.6 Å². The van der Waals surface area contributed by atoms with Crippen LogP contribution >= 0.6 is 0 Å². The summed E-state index contributed by atoms with van der Waals surface area (Å²) in [5.74, 6) is 0.555. The van der Waals surface area contributed by atoms with Crippen LogP contribution in [0.4, 0.5) is 0 Å². The van der Waals surface area contributed by atoms with Gasteiger partial charge in [-0.25, -0.2) is 9.67 Å². The van der Waals surface area contributed by atoms with Gasteiger partial charge in [0.1, 0.15) is 0 Å². The second-order valence-electron chi connectivity index (χ2n) is 6.28. The lowest BCUT2D eigenvalue weighted by Crippen LogP contribution is -2.34. The SMILES string of the molecule is CCc1c(C(=O)NCC(C)(C)CCO)cnn1-c1ccccn1. The molecule has 2 aromatic heterocycles. The van der Waals surface area contributed by atoms with E-state index in [4.69, 9.17) is 5.11 Å². The van der Waals surface area contributed by atoms with Crippen molar-refractivity contribution in [3.8, 4) is 5.82 Å². The maximum Gasteiger partial charge on any atom is 0.254 e. The van der Waals surface area contributed by atoms with E-state index in [0.717, 1.165) is 5.69 Å². The number of pyridine rings is 1. The molecule has 0 unspecified atom stereocenters. The normalized spacial score (nSPS) is 11.5. The first-order valence-electron chi connectivity index (χ1n) is 7.86. The van der Waals surface area contributed by atoms with Crippen LogP contribution < -0.4 is 5.32 Å². The van der Waals surface area contributed by atoms with E-state index < -0.39 is 0 Å². The molecule has 2 heterocycles. The standard InChI is InChI=1S/C17H24N4O2/c1-4-14-13(16(23)19-12-17(2,3)8-10-22)11-20-21(14)15-7-5-6-9-18-15/h5-7,9,11,22H,4,8,10,12H2,1-3H3,(H,19,23). The second kappa shape index (κ2) is 7.37. The predicted molar refractivity (Wildman–Crippen MR) is 88.6 cm³/mol. The summed E-state index contributed by atoms with van der Waals surface area (Å²) in [6.45, 7) is 6.64. The van der Waals surface area contributed by atoms with Crippen molar-refractivity contribution >= 4 is 5.91 Å². The summed E-state index contributed by atoms with van der Waals surface area (Å²) in [7, 11) is 0. The summed E-state index contributed by atoms with van der Waals surface area (Å²) in [6.07, 6.45) is 4.61. The van der Waals surface area contributed by atoms with Crippen molar-refractivity contribution in [3.05, 3.63) is 41.9 Å². The number of aliphatic hydroxyl groups is 1. The Hall–Kier alpha value is -2.21. The Morgan fingerprint density at radius 1 is 1.39 bits per heavy atom. The zero-order valence-electron chi connectivity index (χ0n) is 13.9. The van der Waals surface area contributed by atoms with Crippen LogP contribution in [0.5, 0.6) is 0 Å². The van der Waals surface area contributed by atoms with Gasteiger partial charge in [0.15, 0.2) is 5.82 Å². The maximum atomic E-state index is 12.5. The molecule has 6 heteroatoms. The number of hydrogen-bond acceptors (Lipinski definition) is 4. The number of nitrogens with one attached hydrogen (secondary N) is 1.